The van der Waals surface area contributed by atoms with E-state index >= 15 is 0 Å². The van der Waals surface area contributed by atoms with Gasteiger partial charge in [0.05, 0.1) is 23.6 Å². The van der Waals surface area contributed by atoms with E-state index in [4.69, 9.17) is 9.41 Å². The number of amides is 1. The zero-order valence-corrected chi connectivity index (χ0v) is 23.8. The standard InChI is InChI=1S/C35H36N4O3/c1-2-29(25-10-5-3-6-11-25)37-34(40)26-15-18-30-28(22-26)32(35(41)38-30)33(31-12-9-21-42-31)36-27-16-13-24(14-17-27)23-39-19-7-4-8-20-39/h3,5-6,9-18,21-22,29,38,41H,2,4,7-8,19-20,23H2,1H3,(H,37,40)/t29-/m1/s1. The Kier molecular flexibility index (Phi) is 8.19. The summed E-state index contributed by atoms with van der Waals surface area (Å²) in [4.78, 5) is 23.9. The number of fused-ring (bicyclic) bond motifs is 1. The van der Waals surface area contributed by atoms with Crippen LogP contribution >= 0.6 is 0 Å². The number of aliphatic imine (C=N–C) groups is 1. The lowest BCUT2D eigenvalue weighted by Gasteiger charge is -2.26. The summed E-state index contributed by atoms with van der Waals surface area (Å²) >= 11 is 0. The molecule has 7 heteroatoms. The third-order valence-electron chi connectivity index (χ3n) is 7.98. The van der Waals surface area contributed by atoms with Crippen molar-refractivity contribution >= 4 is 28.2 Å². The number of nitrogens with one attached hydrogen (secondary N) is 2. The van der Waals surface area contributed by atoms with Gasteiger partial charge in [-0.05, 0) is 85.9 Å². The number of likely N-dealkylation sites (tertiary alicyclic amines) is 1. The van der Waals surface area contributed by atoms with Gasteiger partial charge in [-0.2, -0.15) is 0 Å². The lowest BCUT2D eigenvalue weighted by atomic mass is 10.0. The first kappa shape index (κ1) is 27.5. The highest BCUT2D eigenvalue weighted by Crippen LogP contribution is 2.33. The molecule has 0 spiro atoms. The topological polar surface area (TPSA) is 93.9 Å². The highest BCUT2D eigenvalue weighted by molar-refractivity contribution is 6.21. The Balaban J connectivity index is 1.32. The molecule has 0 aliphatic carbocycles. The third-order valence-corrected chi connectivity index (χ3v) is 7.98. The van der Waals surface area contributed by atoms with Crippen LogP contribution < -0.4 is 5.32 Å². The number of benzene rings is 3. The average Bonchev–Trinajstić information content (AvgIpc) is 3.68. The molecule has 7 nitrogen and oxygen atoms in total. The first-order valence-corrected chi connectivity index (χ1v) is 14.7. The van der Waals surface area contributed by atoms with Crippen LogP contribution in [-0.4, -0.2) is 39.7 Å². The number of hydrogen-bond donors (Lipinski definition) is 3. The Labute approximate surface area is 245 Å². The van der Waals surface area contributed by atoms with Crippen molar-refractivity contribution in [2.45, 2.75) is 45.2 Å². The SMILES string of the molecule is CC[C@@H](NC(=O)c1ccc2[nH]c(O)c(C(=Nc3ccc(CN4CCCCC4)cc3)c3ccco3)c2c1)c1ccccc1. The van der Waals surface area contributed by atoms with Gasteiger partial charge < -0.3 is 19.8 Å². The van der Waals surface area contributed by atoms with Gasteiger partial charge in [-0.15, -0.1) is 0 Å². The van der Waals surface area contributed by atoms with Crippen molar-refractivity contribution in [3.05, 3.63) is 119 Å². The molecule has 1 saturated heterocycles. The van der Waals surface area contributed by atoms with Crippen LogP contribution in [0.5, 0.6) is 5.88 Å². The predicted octanol–water partition coefficient (Wildman–Crippen LogP) is 7.50. The van der Waals surface area contributed by atoms with Crippen molar-refractivity contribution in [1.29, 1.82) is 0 Å². The van der Waals surface area contributed by atoms with Crippen molar-refractivity contribution in [3.63, 3.8) is 0 Å². The summed E-state index contributed by atoms with van der Waals surface area (Å²) in [6.07, 6.45) is 6.20. The van der Waals surface area contributed by atoms with Gasteiger partial charge in [0.15, 0.2) is 11.6 Å². The van der Waals surface area contributed by atoms with Crippen molar-refractivity contribution in [3.8, 4) is 5.88 Å². The summed E-state index contributed by atoms with van der Waals surface area (Å²) < 4.78 is 5.77. The van der Waals surface area contributed by atoms with Gasteiger partial charge in [-0.25, -0.2) is 4.99 Å². The smallest absolute Gasteiger partial charge is 0.251 e. The third kappa shape index (κ3) is 6.02. The second-order valence-electron chi connectivity index (χ2n) is 10.9. The zero-order chi connectivity index (χ0) is 28.9. The van der Waals surface area contributed by atoms with Gasteiger partial charge in [0, 0.05) is 23.0 Å². The summed E-state index contributed by atoms with van der Waals surface area (Å²) in [6, 6.07) is 27.1. The van der Waals surface area contributed by atoms with E-state index in [9.17, 15) is 9.90 Å². The number of carbonyl (C=O) groups excluding carboxylic acids is 1. The molecule has 1 fully saturated rings. The number of hydrogen-bond acceptors (Lipinski definition) is 5. The molecule has 2 aromatic heterocycles. The number of rotatable bonds is 9. The normalized spacial score (nSPS) is 15.1. The van der Waals surface area contributed by atoms with Gasteiger partial charge in [0.2, 0.25) is 0 Å². The molecule has 6 rings (SSSR count). The molecular weight excluding hydrogens is 524 g/mol. The molecule has 0 bridgehead atoms. The molecule has 1 atom stereocenters. The molecule has 3 heterocycles. The minimum absolute atomic E-state index is 0.0323. The van der Waals surface area contributed by atoms with E-state index in [1.54, 1.807) is 24.5 Å². The molecule has 0 saturated carbocycles. The highest BCUT2D eigenvalue weighted by atomic mass is 16.3. The van der Waals surface area contributed by atoms with Crippen molar-refractivity contribution < 1.29 is 14.3 Å². The van der Waals surface area contributed by atoms with E-state index in [0.29, 0.717) is 33.5 Å². The van der Waals surface area contributed by atoms with E-state index < -0.39 is 0 Å². The van der Waals surface area contributed by atoms with Gasteiger partial charge in [-0.3, -0.25) is 9.69 Å². The Hall–Kier alpha value is -4.62. The van der Waals surface area contributed by atoms with Crippen LogP contribution in [0.2, 0.25) is 0 Å². The molecule has 1 amide bonds. The first-order chi connectivity index (χ1) is 20.6. The number of aromatic amines is 1. The number of piperidine rings is 1. The number of carbonyl (C=O) groups is 1. The lowest BCUT2D eigenvalue weighted by Crippen LogP contribution is -2.28. The van der Waals surface area contributed by atoms with E-state index in [0.717, 1.165) is 37.3 Å². The van der Waals surface area contributed by atoms with E-state index in [2.05, 4.69) is 34.3 Å². The maximum atomic E-state index is 13.4. The van der Waals surface area contributed by atoms with E-state index in [1.807, 2.05) is 54.6 Å². The number of H-pyrrole nitrogens is 1. The van der Waals surface area contributed by atoms with Crippen LogP contribution in [0, 0.1) is 0 Å². The van der Waals surface area contributed by atoms with E-state index in [1.165, 1.54) is 24.8 Å². The fourth-order valence-electron chi connectivity index (χ4n) is 5.73. The van der Waals surface area contributed by atoms with Crippen LogP contribution in [0.4, 0.5) is 5.69 Å². The maximum Gasteiger partial charge on any atom is 0.251 e. The fraction of sp³-hybridized carbons (Fsp3) is 0.257. The number of aromatic hydroxyl groups is 1. The Bertz CT molecular complexity index is 1670. The van der Waals surface area contributed by atoms with Crippen LogP contribution in [-0.2, 0) is 6.54 Å². The maximum absolute atomic E-state index is 13.4. The van der Waals surface area contributed by atoms with Crippen molar-refractivity contribution in [2.24, 2.45) is 4.99 Å². The molecule has 3 aromatic carbocycles. The summed E-state index contributed by atoms with van der Waals surface area (Å²) in [5, 5.41) is 14.9. The van der Waals surface area contributed by atoms with Gasteiger partial charge in [0.25, 0.3) is 5.91 Å². The van der Waals surface area contributed by atoms with Crippen LogP contribution in [0.25, 0.3) is 10.9 Å². The molecule has 1 aliphatic heterocycles. The molecule has 3 N–H and O–H groups in total. The van der Waals surface area contributed by atoms with Crippen LogP contribution in [0.3, 0.4) is 0 Å². The zero-order valence-electron chi connectivity index (χ0n) is 23.8. The Morgan fingerprint density at radius 3 is 2.50 bits per heavy atom. The predicted molar refractivity (Wildman–Crippen MR) is 166 cm³/mol. The summed E-state index contributed by atoms with van der Waals surface area (Å²) in [5.74, 6) is 0.309. The minimum atomic E-state index is -0.181. The number of nitrogens with zero attached hydrogens (tertiary/aromatic N) is 2. The van der Waals surface area contributed by atoms with Crippen molar-refractivity contribution in [2.75, 3.05) is 13.1 Å². The second kappa shape index (κ2) is 12.5. The molecule has 1 aliphatic rings. The van der Waals surface area contributed by atoms with E-state index in [-0.39, 0.29) is 17.8 Å². The van der Waals surface area contributed by atoms with Crippen LogP contribution in [0.1, 0.15) is 71.5 Å². The summed E-state index contributed by atoms with van der Waals surface area (Å²) in [6.45, 7) is 5.28. The van der Waals surface area contributed by atoms with Gasteiger partial charge >= 0.3 is 0 Å². The first-order valence-electron chi connectivity index (χ1n) is 14.7. The monoisotopic (exact) mass is 560 g/mol. The van der Waals surface area contributed by atoms with Crippen LogP contribution in [0.15, 0.2) is 101 Å². The quantitative estimate of drug-likeness (QED) is 0.163. The number of furan rings is 1. The van der Waals surface area contributed by atoms with Crippen molar-refractivity contribution in [1.82, 2.24) is 15.2 Å². The molecule has 0 unspecified atom stereocenters. The number of aromatic nitrogens is 1. The highest BCUT2D eigenvalue weighted by Gasteiger charge is 2.22. The lowest BCUT2D eigenvalue weighted by molar-refractivity contribution is 0.0935. The fourth-order valence-corrected chi connectivity index (χ4v) is 5.73. The summed E-state index contributed by atoms with van der Waals surface area (Å²) in [7, 11) is 0. The Morgan fingerprint density at radius 1 is 1.00 bits per heavy atom. The van der Waals surface area contributed by atoms with Gasteiger partial charge in [0.1, 0.15) is 5.71 Å². The average molecular weight is 561 g/mol. The molecule has 42 heavy (non-hydrogen) atoms. The molecule has 5 aromatic rings. The largest absolute Gasteiger partial charge is 0.494 e. The molecular formula is C35H36N4O3. The van der Waals surface area contributed by atoms with Gasteiger partial charge in [-0.1, -0.05) is 55.8 Å². The summed E-state index contributed by atoms with van der Waals surface area (Å²) in [5.41, 5.74) is 5.23. The second-order valence-corrected chi connectivity index (χ2v) is 10.9. The minimum Gasteiger partial charge on any atom is -0.494 e. The molecule has 214 valence electrons. The Morgan fingerprint density at radius 2 is 1.79 bits per heavy atom. The molecule has 0 radical (unpaired) electrons.